The summed E-state index contributed by atoms with van der Waals surface area (Å²) < 4.78 is 2.09. The van der Waals surface area contributed by atoms with Gasteiger partial charge in [-0.05, 0) is 19.1 Å². The third-order valence-electron chi connectivity index (χ3n) is 3.71. The van der Waals surface area contributed by atoms with Gasteiger partial charge in [-0.1, -0.05) is 59.8 Å². The first-order valence-electron chi connectivity index (χ1n) is 7.81. The Labute approximate surface area is 145 Å². The van der Waals surface area contributed by atoms with E-state index < -0.39 is 6.10 Å². The molecule has 3 rings (SSSR count). The van der Waals surface area contributed by atoms with E-state index in [2.05, 4.69) is 52.9 Å². The molecule has 5 heteroatoms. The van der Waals surface area contributed by atoms with Crippen LogP contribution >= 0.6 is 11.8 Å². The van der Waals surface area contributed by atoms with Gasteiger partial charge in [-0.15, -0.1) is 0 Å². The highest BCUT2D eigenvalue weighted by Gasteiger charge is 2.15. The third-order valence-corrected chi connectivity index (χ3v) is 4.80. The molecule has 0 saturated heterocycles. The van der Waals surface area contributed by atoms with Crippen molar-refractivity contribution in [1.82, 2.24) is 9.55 Å². The second-order valence-corrected chi connectivity index (χ2v) is 6.60. The van der Waals surface area contributed by atoms with Gasteiger partial charge in [-0.25, -0.2) is 4.98 Å². The lowest BCUT2D eigenvalue weighted by Crippen LogP contribution is -2.15. The molecular weight excluding hydrogens is 320 g/mol. The summed E-state index contributed by atoms with van der Waals surface area (Å²) in [5, 5.41) is 19.5. The first-order chi connectivity index (χ1) is 11.7. The molecule has 0 saturated carbocycles. The average Bonchev–Trinajstić information content (AvgIpc) is 3.05. The maximum Gasteiger partial charge on any atom is 0.173 e. The van der Waals surface area contributed by atoms with Crippen LogP contribution in [0.25, 0.3) is 16.9 Å². The average molecular weight is 340 g/mol. The first kappa shape index (κ1) is 16.8. The molecule has 24 heavy (non-hydrogen) atoms. The summed E-state index contributed by atoms with van der Waals surface area (Å²) in [5.41, 5.74) is 4.31. The maximum atomic E-state index is 9.63. The van der Waals surface area contributed by atoms with Crippen molar-refractivity contribution >= 4 is 11.8 Å². The molecule has 1 heterocycles. The highest BCUT2D eigenvalue weighted by molar-refractivity contribution is 7.99. The largest absolute Gasteiger partial charge is 0.394 e. The Bertz CT molecular complexity index is 785. The van der Waals surface area contributed by atoms with Crippen LogP contribution in [0.4, 0.5) is 0 Å². The van der Waals surface area contributed by atoms with Gasteiger partial charge in [0.15, 0.2) is 5.16 Å². The molecule has 0 radical (unpaired) electrons. The molecule has 0 bridgehead atoms. The van der Waals surface area contributed by atoms with Crippen LogP contribution in [0, 0.1) is 6.92 Å². The smallest absolute Gasteiger partial charge is 0.173 e. The highest BCUT2D eigenvalue weighted by Crippen LogP contribution is 2.30. The molecule has 2 N–H and O–H groups in total. The fraction of sp³-hybridized carbons (Fsp3) is 0.211. The first-order valence-corrected chi connectivity index (χ1v) is 8.79. The SMILES string of the molecule is Cc1ccc(-n2c(-c3ccccc3)cnc2SC[C@@H](O)CO)cc1. The molecule has 0 unspecified atom stereocenters. The molecule has 0 aliphatic carbocycles. The fourth-order valence-electron chi connectivity index (χ4n) is 2.42. The normalized spacial score (nSPS) is 12.3. The topological polar surface area (TPSA) is 58.3 Å². The van der Waals surface area contributed by atoms with Gasteiger partial charge in [0.05, 0.1) is 24.6 Å². The molecule has 0 aliphatic heterocycles. The summed E-state index contributed by atoms with van der Waals surface area (Å²) in [4.78, 5) is 4.53. The Morgan fingerprint density at radius 2 is 1.79 bits per heavy atom. The number of hydrogen-bond donors (Lipinski definition) is 2. The summed E-state index contributed by atoms with van der Waals surface area (Å²) in [6.07, 6.45) is 1.10. The molecule has 1 aromatic heterocycles. The molecule has 0 spiro atoms. The van der Waals surface area contributed by atoms with Crippen LogP contribution in [0.3, 0.4) is 0 Å². The van der Waals surface area contributed by atoms with Gasteiger partial charge in [0.2, 0.25) is 0 Å². The number of benzene rings is 2. The lowest BCUT2D eigenvalue weighted by Gasteiger charge is -2.13. The summed E-state index contributed by atoms with van der Waals surface area (Å²) >= 11 is 1.44. The highest BCUT2D eigenvalue weighted by atomic mass is 32.2. The van der Waals surface area contributed by atoms with Crippen LogP contribution in [0.5, 0.6) is 0 Å². The lowest BCUT2D eigenvalue weighted by molar-refractivity contribution is 0.113. The Kier molecular flexibility index (Phi) is 5.35. The maximum absolute atomic E-state index is 9.63. The van der Waals surface area contributed by atoms with E-state index in [4.69, 9.17) is 5.11 Å². The molecule has 4 nitrogen and oxygen atoms in total. The minimum Gasteiger partial charge on any atom is -0.394 e. The fourth-order valence-corrected chi connectivity index (χ4v) is 3.32. The predicted octanol–water partition coefficient (Wildman–Crippen LogP) is 3.29. The molecule has 0 fully saturated rings. The second-order valence-electron chi connectivity index (χ2n) is 5.61. The van der Waals surface area contributed by atoms with E-state index in [9.17, 15) is 5.11 Å². The van der Waals surface area contributed by atoms with Crippen molar-refractivity contribution in [2.24, 2.45) is 0 Å². The lowest BCUT2D eigenvalue weighted by atomic mass is 10.1. The van der Waals surface area contributed by atoms with E-state index in [0.29, 0.717) is 5.75 Å². The number of aromatic nitrogens is 2. The van der Waals surface area contributed by atoms with Gasteiger partial charge < -0.3 is 10.2 Å². The predicted molar refractivity (Wildman–Crippen MR) is 97.6 cm³/mol. The van der Waals surface area contributed by atoms with E-state index in [-0.39, 0.29) is 6.61 Å². The number of rotatable bonds is 6. The zero-order chi connectivity index (χ0) is 16.9. The molecule has 1 atom stereocenters. The number of aliphatic hydroxyl groups excluding tert-OH is 2. The van der Waals surface area contributed by atoms with Gasteiger partial charge in [-0.3, -0.25) is 4.57 Å². The van der Waals surface area contributed by atoms with Crippen molar-refractivity contribution in [3.63, 3.8) is 0 Å². The molecule has 0 aliphatic rings. The monoisotopic (exact) mass is 340 g/mol. The van der Waals surface area contributed by atoms with E-state index in [0.717, 1.165) is 22.1 Å². The number of hydrogen-bond acceptors (Lipinski definition) is 4. The van der Waals surface area contributed by atoms with Gasteiger partial charge >= 0.3 is 0 Å². The molecule has 124 valence electrons. The summed E-state index contributed by atoms with van der Waals surface area (Å²) in [6.45, 7) is 1.81. The zero-order valence-corrected chi connectivity index (χ0v) is 14.3. The van der Waals surface area contributed by atoms with Crippen LogP contribution < -0.4 is 0 Å². The van der Waals surface area contributed by atoms with E-state index in [1.807, 2.05) is 24.4 Å². The Morgan fingerprint density at radius 1 is 1.08 bits per heavy atom. The number of aryl methyl sites for hydroxylation is 1. The van der Waals surface area contributed by atoms with Crippen molar-refractivity contribution in [3.05, 3.63) is 66.4 Å². The quantitative estimate of drug-likeness (QED) is 0.676. The van der Waals surface area contributed by atoms with Crippen LogP contribution in [-0.4, -0.2) is 38.2 Å². The van der Waals surface area contributed by atoms with Crippen LogP contribution in [-0.2, 0) is 0 Å². The van der Waals surface area contributed by atoms with Gasteiger partial charge in [0.1, 0.15) is 0 Å². The van der Waals surface area contributed by atoms with Crippen LogP contribution in [0.2, 0.25) is 0 Å². The van der Waals surface area contributed by atoms with Crippen LogP contribution in [0.15, 0.2) is 66.0 Å². The number of aliphatic hydroxyl groups is 2. The van der Waals surface area contributed by atoms with Gasteiger partial charge in [0.25, 0.3) is 0 Å². The second kappa shape index (κ2) is 7.66. The van der Waals surface area contributed by atoms with Crippen molar-refractivity contribution in [2.45, 2.75) is 18.2 Å². The Morgan fingerprint density at radius 3 is 2.46 bits per heavy atom. The zero-order valence-electron chi connectivity index (χ0n) is 13.5. The Balaban J connectivity index is 2.03. The van der Waals surface area contributed by atoms with Crippen molar-refractivity contribution in [1.29, 1.82) is 0 Å². The van der Waals surface area contributed by atoms with Crippen molar-refractivity contribution < 1.29 is 10.2 Å². The van der Waals surface area contributed by atoms with E-state index >= 15 is 0 Å². The number of thioether (sulfide) groups is 1. The molecule has 0 amide bonds. The van der Waals surface area contributed by atoms with Gasteiger partial charge in [0, 0.05) is 17.0 Å². The molecule has 3 aromatic rings. The van der Waals surface area contributed by atoms with Crippen molar-refractivity contribution in [2.75, 3.05) is 12.4 Å². The third kappa shape index (κ3) is 3.70. The standard InChI is InChI=1S/C19H20N2O2S/c1-14-7-9-16(10-8-14)21-18(15-5-3-2-4-6-15)11-20-19(21)24-13-17(23)12-22/h2-11,17,22-23H,12-13H2,1H3/t17-/m0/s1. The summed E-state index contributed by atoms with van der Waals surface area (Å²) in [6, 6.07) is 18.4. The number of imidazole rings is 1. The Hall–Kier alpha value is -2.08. The van der Waals surface area contributed by atoms with Crippen molar-refractivity contribution in [3.8, 4) is 16.9 Å². The van der Waals surface area contributed by atoms with Crippen LogP contribution in [0.1, 0.15) is 5.56 Å². The minimum atomic E-state index is -0.752. The van der Waals surface area contributed by atoms with Gasteiger partial charge in [-0.2, -0.15) is 0 Å². The van der Waals surface area contributed by atoms with E-state index in [1.165, 1.54) is 17.3 Å². The summed E-state index contributed by atoms with van der Waals surface area (Å²) in [5.74, 6) is 0.396. The summed E-state index contributed by atoms with van der Waals surface area (Å²) in [7, 11) is 0. The molecular formula is C19H20N2O2S. The van der Waals surface area contributed by atoms with E-state index in [1.54, 1.807) is 0 Å². The number of nitrogens with zero attached hydrogens (tertiary/aromatic N) is 2. The minimum absolute atomic E-state index is 0.246. The molecule has 2 aromatic carbocycles.